The highest BCUT2D eigenvalue weighted by atomic mass is 16.5. The largest absolute Gasteiger partial charge is 0.383 e. The zero-order valence-corrected chi connectivity index (χ0v) is 9.65. The molecule has 88 valence electrons. The smallest absolute Gasteiger partial charge is 0.126 e. The molecule has 4 heteroatoms. The van der Waals surface area contributed by atoms with Crippen LogP contribution in [0.25, 0.3) is 0 Å². The van der Waals surface area contributed by atoms with E-state index in [1.807, 2.05) is 12.1 Å². The molecule has 1 heterocycles. The van der Waals surface area contributed by atoms with Gasteiger partial charge in [-0.1, -0.05) is 6.07 Å². The number of hydrogen-bond acceptors (Lipinski definition) is 4. The second-order valence-electron chi connectivity index (χ2n) is 4.48. The van der Waals surface area contributed by atoms with Gasteiger partial charge in [-0.3, -0.25) is 0 Å². The minimum absolute atomic E-state index is 0.00208. The second-order valence-corrected chi connectivity index (χ2v) is 4.48. The summed E-state index contributed by atoms with van der Waals surface area (Å²) < 4.78 is 5.56. The van der Waals surface area contributed by atoms with Crippen molar-refractivity contribution in [2.24, 2.45) is 5.73 Å². The fourth-order valence-corrected chi connectivity index (χ4v) is 2.30. The number of anilines is 1. The van der Waals surface area contributed by atoms with Crippen LogP contribution in [0.2, 0.25) is 0 Å². The fraction of sp³-hybridized carbons (Fsp3) is 0.583. The SMILES string of the molecule is COC1(C(N)Cc2cccnc2N)CCC1. The molecule has 0 aliphatic heterocycles. The van der Waals surface area contributed by atoms with Crippen molar-refractivity contribution in [3.8, 4) is 0 Å². The average Bonchev–Trinajstić information content (AvgIpc) is 2.21. The first-order chi connectivity index (χ1) is 7.68. The lowest BCUT2D eigenvalue weighted by atomic mass is 9.73. The zero-order chi connectivity index (χ0) is 11.6. The molecule has 1 fully saturated rings. The van der Waals surface area contributed by atoms with E-state index < -0.39 is 0 Å². The van der Waals surface area contributed by atoms with Gasteiger partial charge in [0.1, 0.15) is 5.82 Å². The number of ether oxygens (including phenoxy) is 1. The summed E-state index contributed by atoms with van der Waals surface area (Å²) in [5, 5.41) is 0. The molecule has 0 amide bonds. The van der Waals surface area contributed by atoms with Crippen LogP contribution in [0.15, 0.2) is 18.3 Å². The summed E-state index contributed by atoms with van der Waals surface area (Å²) in [6.45, 7) is 0. The molecule has 0 saturated heterocycles. The number of pyridine rings is 1. The number of rotatable bonds is 4. The van der Waals surface area contributed by atoms with E-state index in [1.54, 1.807) is 13.3 Å². The highest BCUT2D eigenvalue weighted by molar-refractivity contribution is 5.39. The predicted molar refractivity (Wildman–Crippen MR) is 63.9 cm³/mol. The summed E-state index contributed by atoms with van der Waals surface area (Å²) in [7, 11) is 1.74. The average molecular weight is 221 g/mol. The lowest BCUT2D eigenvalue weighted by Crippen LogP contribution is -2.55. The Morgan fingerprint density at radius 3 is 2.81 bits per heavy atom. The molecule has 0 radical (unpaired) electrons. The second kappa shape index (κ2) is 4.39. The normalized spacial score (nSPS) is 20.1. The van der Waals surface area contributed by atoms with Gasteiger partial charge in [0.05, 0.1) is 5.60 Å². The molecule has 0 aromatic carbocycles. The number of nitrogens with zero attached hydrogens (tertiary/aromatic N) is 1. The molecule has 1 aliphatic carbocycles. The molecule has 1 aliphatic rings. The van der Waals surface area contributed by atoms with E-state index in [0.717, 1.165) is 24.8 Å². The van der Waals surface area contributed by atoms with Crippen LogP contribution in [0.1, 0.15) is 24.8 Å². The number of nitrogen functional groups attached to an aromatic ring is 1. The summed E-state index contributed by atoms with van der Waals surface area (Å²) >= 11 is 0. The maximum atomic E-state index is 6.22. The van der Waals surface area contributed by atoms with Gasteiger partial charge in [0, 0.05) is 19.3 Å². The van der Waals surface area contributed by atoms with Gasteiger partial charge in [0.25, 0.3) is 0 Å². The molecule has 0 spiro atoms. The van der Waals surface area contributed by atoms with Gasteiger partial charge in [-0.05, 0) is 37.3 Å². The van der Waals surface area contributed by atoms with E-state index in [0.29, 0.717) is 5.82 Å². The zero-order valence-electron chi connectivity index (χ0n) is 9.65. The summed E-state index contributed by atoms with van der Waals surface area (Å²) in [6, 6.07) is 3.86. The first-order valence-electron chi connectivity index (χ1n) is 5.68. The van der Waals surface area contributed by atoms with Crippen LogP contribution < -0.4 is 11.5 Å². The Kier molecular flexibility index (Phi) is 3.12. The van der Waals surface area contributed by atoms with E-state index in [4.69, 9.17) is 16.2 Å². The fourth-order valence-electron chi connectivity index (χ4n) is 2.30. The highest BCUT2D eigenvalue weighted by Crippen LogP contribution is 2.38. The van der Waals surface area contributed by atoms with E-state index in [9.17, 15) is 0 Å². The minimum atomic E-state index is -0.137. The third-order valence-electron chi connectivity index (χ3n) is 3.65. The van der Waals surface area contributed by atoms with Crippen molar-refractivity contribution in [3.63, 3.8) is 0 Å². The quantitative estimate of drug-likeness (QED) is 0.798. The van der Waals surface area contributed by atoms with Crippen LogP contribution >= 0.6 is 0 Å². The van der Waals surface area contributed by atoms with Gasteiger partial charge < -0.3 is 16.2 Å². The molecule has 1 unspecified atom stereocenters. The Morgan fingerprint density at radius 1 is 1.56 bits per heavy atom. The van der Waals surface area contributed by atoms with Gasteiger partial charge >= 0.3 is 0 Å². The van der Waals surface area contributed by atoms with Crippen molar-refractivity contribution in [3.05, 3.63) is 23.9 Å². The van der Waals surface area contributed by atoms with Crippen LogP contribution in [0, 0.1) is 0 Å². The molecular formula is C12H19N3O. The highest BCUT2D eigenvalue weighted by Gasteiger charge is 2.42. The van der Waals surface area contributed by atoms with Crippen molar-refractivity contribution < 1.29 is 4.74 Å². The molecule has 4 N–H and O–H groups in total. The van der Waals surface area contributed by atoms with Crippen molar-refractivity contribution in [1.82, 2.24) is 4.98 Å². The lowest BCUT2D eigenvalue weighted by molar-refractivity contribution is -0.0896. The monoisotopic (exact) mass is 221 g/mol. The van der Waals surface area contributed by atoms with Crippen LogP contribution in [0.5, 0.6) is 0 Å². The molecule has 1 aromatic rings. The van der Waals surface area contributed by atoms with Gasteiger partial charge in [-0.15, -0.1) is 0 Å². The molecule has 16 heavy (non-hydrogen) atoms. The molecule has 2 rings (SSSR count). The van der Waals surface area contributed by atoms with Gasteiger partial charge in [0.2, 0.25) is 0 Å². The van der Waals surface area contributed by atoms with Crippen molar-refractivity contribution >= 4 is 5.82 Å². The van der Waals surface area contributed by atoms with Crippen molar-refractivity contribution in [2.75, 3.05) is 12.8 Å². The van der Waals surface area contributed by atoms with Gasteiger partial charge in [-0.25, -0.2) is 4.98 Å². The topological polar surface area (TPSA) is 74.2 Å². The molecule has 1 atom stereocenters. The number of aromatic nitrogens is 1. The number of methoxy groups -OCH3 is 1. The van der Waals surface area contributed by atoms with Gasteiger partial charge in [0.15, 0.2) is 0 Å². The van der Waals surface area contributed by atoms with Crippen LogP contribution in [0.3, 0.4) is 0 Å². The maximum absolute atomic E-state index is 6.22. The third-order valence-corrected chi connectivity index (χ3v) is 3.65. The summed E-state index contributed by atoms with van der Waals surface area (Å²) in [5.74, 6) is 0.573. The summed E-state index contributed by atoms with van der Waals surface area (Å²) in [4.78, 5) is 4.07. The van der Waals surface area contributed by atoms with Crippen molar-refractivity contribution in [2.45, 2.75) is 37.3 Å². The maximum Gasteiger partial charge on any atom is 0.126 e. The Bertz CT molecular complexity index is 358. The summed E-state index contributed by atoms with van der Waals surface area (Å²) in [5.41, 5.74) is 12.9. The Hall–Kier alpha value is -1.13. The number of hydrogen-bond donors (Lipinski definition) is 2. The minimum Gasteiger partial charge on any atom is -0.383 e. The predicted octanol–water partition coefficient (Wildman–Crippen LogP) is 1.10. The Morgan fingerprint density at radius 2 is 2.31 bits per heavy atom. The van der Waals surface area contributed by atoms with E-state index >= 15 is 0 Å². The van der Waals surface area contributed by atoms with Gasteiger partial charge in [-0.2, -0.15) is 0 Å². The van der Waals surface area contributed by atoms with Crippen LogP contribution in [-0.2, 0) is 11.2 Å². The van der Waals surface area contributed by atoms with E-state index in [-0.39, 0.29) is 11.6 Å². The molecule has 1 aromatic heterocycles. The van der Waals surface area contributed by atoms with E-state index in [2.05, 4.69) is 4.98 Å². The molecule has 1 saturated carbocycles. The Balaban J connectivity index is 2.07. The number of nitrogens with two attached hydrogens (primary N) is 2. The summed E-state index contributed by atoms with van der Waals surface area (Å²) in [6.07, 6.45) is 5.72. The lowest BCUT2D eigenvalue weighted by Gasteiger charge is -2.45. The molecule has 4 nitrogen and oxygen atoms in total. The Labute approximate surface area is 96.0 Å². The first kappa shape index (κ1) is 11.4. The molecule has 0 bridgehead atoms. The molecular weight excluding hydrogens is 202 g/mol. The third kappa shape index (κ3) is 1.90. The van der Waals surface area contributed by atoms with Crippen molar-refractivity contribution in [1.29, 1.82) is 0 Å². The standard InChI is InChI=1S/C12H19N3O/c1-16-12(5-3-6-12)10(13)8-9-4-2-7-15-11(9)14/h2,4,7,10H,3,5-6,8,13H2,1H3,(H2,14,15). The van der Waals surface area contributed by atoms with Crippen LogP contribution in [-0.4, -0.2) is 23.7 Å². The first-order valence-corrected chi connectivity index (χ1v) is 5.68. The van der Waals surface area contributed by atoms with E-state index in [1.165, 1.54) is 6.42 Å². The van der Waals surface area contributed by atoms with Crippen LogP contribution in [0.4, 0.5) is 5.82 Å².